The molecule has 0 aliphatic carbocycles. The summed E-state index contributed by atoms with van der Waals surface area (Å²) in [4.78, 5) is 0. The van der Waals surface area contributed by atoms with Gasteiger partial charge < -0.3 is 14.6 Å². The fourth-order valence-electron chi connectivity index (χ4n) is 2.06. The zero-order valence-electron chi connectivity index (χ0n) is 12.4. The second kappa shape index (κ2) is 7.64. The lowest BCUT2D eigenvalue weighted by atomic mass is 10.1. The summed E-state index contributed by atoms with van der Waals surface area (Å²) in [6.45, 7) is 2.65. The fraction of sp³-hybridized carbons (Fsp3) is 0.467. The molecule has 0 aliphatic heterocycles. The molecule has 2 rings (SSSR count). The van der Waals surface area contributed by atoms with Gasteiger partial charge in [0, 0.05) is 6.20 Å². The first-order chi connectivity index (χ1) is 10.2. The minimum Gasteiger partial charge on any atom is -0.493 e. The lowest BCUT2D eigenvalue weighted by Crippen LogP contribution is -2.24. The molecule has 0 fully saturated rings. The molecule has 0 saturated heterocycles. The summed E-state index contributed by atoms with van der Waals surface area (Å²) in [6.07, 6.45) is 4.70. The molecule has 6 heteroatoms. The van der Waals surface area contributed by atoms with E-state index in [0.717, 1.165) is 12.8 Å². The number of nitrogens with zero attached hydrogens (tertiary/aromatic N) is 3. The predicted molar refractivity (Wildman–Crippen MR) is 78.5 cm³/mol. The highest BCUT2D eigenvalue weighted by Crippen LogP contribution is 2.28. The van der Waals surface area contributed by atoms with Crippen LogP contribution >= 0.6 is 0 Å². The highest BCUT2D eigenvalue weighted by atomic mass is 16.5. The maximum Gasteiger partial charge on any atom is 0.161 e. The Kier molecular flexibility index (Phi) is 5.57. The molecule has 6 nitrogen and oxygen atoms in total. The van der Waals surface area contributed by atoms with E-state index >= 15 is 0 Å². The minimum absolute atomic E-state index is 0.170. The van der Waals surface area contributed by atoms with E-state index in [-0.39, 0.29) is 6.61 Å². The van der Waals surface area contributed by atoms with Crippen LogP contribution in [0.5, 0.6) is 11.5 Å². The number of ether oxygens (including phenoxy) is 2. The summed E-state index contributed by atoms with van der Waals surface area (Å²) in [5.74, 6) is 1.32. The van der Waals surface area contributed by atoms with Gasteiger partial charge in [-0.1, -0.05) is 24.6 Å². The largest absolute Gasteiger partial charge is 0.493 e. The Hall–Kier alpha value is -2.08. The van der Waals surface area contributed by atoms with Crippen molar-refractivity contribution in [2.24, 2.45) is 0 Å². The van der Waals surface area contributed by atoms with Crippen molar-refractivity contribution in [1.82, 2.24) is 15.0 Å². The smallest absolute Gasteiger partial charge is 0.161 e. The third-order valence-corrected chi connectivity index (χ3v) is 3.07. The Balaban J connectivity index is 1.92. The lowest BCUT2D eigenvalue weighted by Gasteiger charge is -2.15. The molecule has 0 radical (unpaired) electrons. The number of hydrogen-bond donors (Lipinski definition) is 1. The Morgan fingerprint density at radius 1 is 1.33 bits per heavy atom. The van der Waals surface area contributed by atoms with Gasteiger partial charge in [0.15, 0.2) is 11.5 Å². The van der Waals surface area contributed by atoms with Crippen molar-refractivity contribution in [3.63, 3.8) is 0 Å². The number of rotatable bonds is 8. The first-order valence-electron chi connectivity index (χ1n) is 7.04. The summed E-state index contributed by atoms with van der Waals surface area (Å²) < 4.78 is 12.5. The van der Waals surface area contributed by atoms with Gasteiger partial charge in [-0.25, -0.2) is 4.68 Å². The number of aliphatic hydroxyl groups excluding tert-OH is 1. The highest BCUT2D eigenvalue weighted by Gasteiger charge is 2.10. The fourth-order valence-corrected chi connectivity index (χ4v) is 2.06. The van der Waals surface area contributed by atoms with Gasteiger partial charge in [-0.15, -0.1) is 5.10 Å². The first-order valence-corrected chi connectivity index (χ1v) is 7.04. The molecule has 0 spiro atoms. The van der Waals surface area contributed by atoms with Crippen molar-refractivity contribution in [3.05, 3.63) is 36.2 Å². The average molecular weight is 291 g/mol. The van der Waals surface area contributed by atoms with Crippen LogP contribution in [0.4, 0.5) is 0 Å². The molecule has 1 atom stereocenters. The van der Waals surface area contributed by atoms with Gasteiger partial charge >= 0.3 is 0 Å². The second-order valence-corrected chi connectivity index (χ2v) is 4.83. The molecule has 0 amide bonds. The Morgan fingerprint density at radius 3 is 2.86 bits per heavy atom. The van der Waals surface area contributed by atoms with Gasteiger partial charge in [-0.3, -0.25) is 0 Å². The van der Waals surface area contributed by atoms with Crippen LogP contribution in [0.25, 0.3) is 0 Å². The number of benzene rings is 1. The van der Waals surface area contributed by atoms with Gasteiger partial charge in [0.05, 0.1) is 19.9 Å². The predicted octanol–water partition coefficient (Wildman–Crippen LogP) is 1.68. The Bertz CT molecular complexity index is 543. The standard InChI is InChI=1S/C15H21N3O3/c1-3-4-12-5-6-14(15(9-12)20-2)21-11-13(19)10-18-8-7-16-17-18/h5-9,13,19H,3-4,10-11H2,1-2H3. The number of aryl methyl sites for hydroxylation is 1. The van der Waals surface area contributed by atoms with E-state index in [0.29, 0.717) is 18.0 Å². The van der Waals surface area contributed by atoms with Crippen molar-refractivity contribution < 1.29 is 14.6 Å². The molecule has 1 N–H and O–H groups in total. The van der Waals surface area contributed by atoms with E-state index in [2.05, 4.69) is 17.2 Å². The van der Waals surface area contributed by atoms with Gasteiger partial charge in [-0.05, 0) is 24.1 Å². The number of methoxy groups -OCH3 is 1. The third-order valence-electron chi connectivity index (χ3n) is 3.07. The summed E-state index contributed by atoms with van der Waals surface area (Å²) in [5.41, 5.74) is 1.21. The maximum atomic E-state index is 9.93. The van der Waals surface area contributed by atoms with Gasteiger partial charge in [0.1, 0.15) is 12.7 Å². The molecular formula is C15H21N3O3. The molecule has 2 aromatic rings. The van der Waals surface area contributed by atoms with Crippen LogP contribution in [0.2, 0.25) is 0 Å². The van der Waals surface area contributed by atoms with E-state index in [4.69, 9.17) is 9.47 Å². The molecule has 1 aromatic carbocycles. The molecule has 21 heavy (non-hydrogen) atoms. The molecule has 0 bridgehead atoms. The minimum atomic E-state index is -0.660. The highest BCUT2D eigenvalue weighted by molar-refractivity contribution is 5.43. The molecule has 1 aromatic heterocycles. The second-order valence-electron chi connectivity index (χ2n) is 4.83. The zero-order chi connectivity index (χ0) is 15.1. The topological polar surface area (TPSA) is 69.4 Å². The van der Waals surface area contributed by atoms with Crippen LogP contribution in [-0.4, -0.2) is 39.9 Å². The van der Waals surface area contributed by atoms with Crippen molar-refractivity contribution >= 4 is 0 Å². The monoisotopic (exact) mass is 291 g/mol. The zero-order valence-corrected chi connectivity index (χ0v) is 12.4. The van der Waals surface area contributed by atoms with Crippen LogP contribution in [0, 0.1) is 0 Å². The summed E-state index contributed by atoms with van der Waals surface area (Å²) in [6, 6.07) is 5.87. The SMILES string of the molecule is CCCc1ccc(OCC(O)Cn2ccnn2)c(OC)c1. The average Bonchev–Trinajstić information content (AvgIpc) is 2.99. The van der Waals surface area contributed by atoms with E-state index < -0.39 is 6.10 Å². The van der Waals surface area contributed by atoms with Crippen LogP contribution < -0.4 is 9.47 Å². The Morgan fingerprint density at radius 2 is 2.19 bits per heavy atom. The van der Waals surface area contributed by atoms with Crippen LogP contribution in [-0.2, 0) is 13.0 Å². The summed E-state index contributed by atoms with van der Waals surface area (Å²) >= 11 is 0. The molecule has 1 unspecified atom stereocenters. The summed E-state index contributed by atoms with van der Waals surface area (Å²) in [5, 5.41) is 17.4. The van der Waals surface area contributed by atoms with Crippen molar-refractivity contribution in [1.29, 1.82) is 0 Å². The third kappa shape index (κ3) is 4.46. The van der Waals surface area contributed by atoms with Gasteiger partial charge in [-0.2, -0.15) is 0 Å². The quantitative estimate of drug-likeness (QED) is 0.801. The van der Waals surface area contributed by atoms with Gasteiger partial charge in [0.25, 0.3) is 0 Å². The number of aliphatic hydroxyl groups is 1. The van der Waals surface area contributed by atoms with E-state index in [9.17, 15) is 5.11 Å². The van der Waals surface area contributed by atoms with Crippen molar-refractivity contribution in [2.45, 2.75) is 32.4 Å². The molecule has 1 heterocycles. The molecular weight excluding hydrogens is 270 g/mol. The number of hydrogen-bond acceptors (Lipinski definition) is 5. The van der Waals surface area contributed by atoms with Crippen molar-refractivity contribution in [3.8, 4) is 11.5 Å². The summed E-state index contributed by atoms with van der Waals surface area (Å²) in [7, 11) is 1.61. The normalized spacial score (nSPS) is 12.1. The van der Waals surface area contributed by atoms with Crippen LogP contribution in [0.1, 0.15) is 18.9 Å². The lowest BCUT2D eigenvalue weighted by molar-refractivity contribution is 0.0874. The van der Waals surface area contributed by atoms with Crippen LogP contribution in [0.15, 0.2) is 30.6 Å². The van der Waals surface area contributed by atoms with E-state index in [1.165, 1.54) is 5.56 Å². The molecule has 114 valence electrons. The number of aromatic nitrogens is 3. The van der Waals surface area contributed by atoms with Gasteiger partial charge in [0.2, 0.25) is 0 Å². The van der Waals surface area contributed by atoms with E-state index in [1.54, 1.807) is 24.2 Å². The first kappa shape index (κ1) is 15.3. The maximum absolute atomic E-state index is 9.93. The molecule has 0 saturated carbocycles. The molecule has 0 aliphatic rings. The van der Waals surface area contributed by atoms with Crippen LogP contribution in [0.3, 0.4) is 0 Å². The Labute approximate surface area is 124 Å². The van der Waals surface area contributed by atoms with Crippen molar-refractivity contribution in [2.75, 3.05) is 13.7 Å². The van der Waals surface area contributed by atoms with E-state index in [1.807, 2.05) is 18.2 Å².